The highest BCUT2D eigenvalue weighted by atomic mass is 35.5. The molecule has 0 saturated heterocycles. The van der Waals surface area contributed by atoms with Crippen molar-refractivity contribution in [2.24, 2.45) is 0 Å². The number of halogens is 2. The van der Waals surface area contributed by atoms with Gasteiger partial charge >= 0.3 is 0 Å². The lowest BCUT2D eigenvalue weighted by molar-refractivity contribution is 0.605. The lowest BCUT2D eigenvalue weighted by atomic mass is 10.1. The molecule has 0 radical (unpaired) electrons. The molecule has 0 aliphatic rings. The Morgan fingerprint density at radius 2 is 1.83 bits per heavy atom. The third-order valence-corrected chi connectivity index (χ3v) is 3.39. The van der Waals surface area contributed by atoms with Gasteiger partial charge < -0.3 is 8.83 Å². The highest BCUT2D eigenvalue weighted by molar-refractivity contribution is 6.36. The number of para-hydroxylation sites is 1. The molecule has 2 aromatic carbocycles. The van der Waals surface area contributed by atoms with Crippen LogP contribution in [0.15, 0.2) is 39.2 Å². The van der Waals surface area contributed by atoms with E-state index in [0.29, 0.717) is 21.7 Å². The smallest absolute Gasteiger partial charge is 0.293 e. The molecule has 2 heterocycles. The van der Waals surface area contributed by atoms with Gasteiger partial charge in [-0.25, -0.2) is 0 Å². The molecule has 5 heteroatoms. The van der Waals surface area contributed by atoms with E-state index in [9.17, 15) is 0 Å². The van der Waals surface area contributed by atoms with E-state index in [0.717, 1.165) is 16.4 Å². The molecular weight excluding hydrogens is 273 g/mol. The van der Waals surface area contributed by atoms with Crippen LogP contribution < -0.4 is 0 Å². The summed E-state index contributed by atoms with van der Waals surface area (Å²) in [6, 6.07) is 9.31. The number of nitrogens with zero attached hydrogens (tertiary/aromatic N) is 1. The molecule has 18 heavy (non-hydrogen) atoms. The SMILES string of the molecule is Clc1nc2cc3oc4c(Cl)cccc4c3cc2o1. The predicted molar refractivity (Wildman–Crippen MR) is 71.3 cm³/mol. The molecule has 3 nitrogen and oxygen atoms in total. The Balaban J connectivity index is 2.25. The fraction of sp³-hybridized carbons (Fsp3) is 0. The number of benzene rings is 2. The van der Waals surface area contributed by atoms with Crippen LogP contribution in [0.25, 0.3) is 33.0 Å². The molecule has 0 aliphatic carbocycles. The Bertz CT molecular complexity index is 907. The summed E-state index contributed by atoms with van der Waals surface area (Å²) in [5.74, 6) is 0. The van der Waals surface area contributed by atoms with Gasteiger partial charge in [0, 0.05) is 16.8 Å². The summed E-state index contributed by atoms with van der Waals surface area (Å²) in [5, 5.41) is 2.60. The number of fused-ring (bicyclic) bond motifs is 4. The second-order valence-corrected chi connectivity index (χ2v) is 4.73. The van der Waals surface area contributed by atoms with Crippen molar-refractivity contribution in [2.45, 2.75) is 0 Å². The van der Waals surface area contributed by atoms with Gasteiger partial charge in [-0.2, -0.15) is 4.98 Å². The van der Waals surface area contributed by atoms with Crippen LogP contribution in [0.5, 0.6) is 0 Å². The zero-order chi connectivity index (χ0) is 12.3. The fourth-order valence-corrected chi connectivity index (χ4v) is 2.54. The summed E-state index contributed by atoms with van der Waals surface area (Å²) in [4.78, 5) is 4.06. The van der Waals surface area contributed by atoms with Crippen LogP contribution in [0.3, 0.4) is 0 Å². The topological polar surface area (TPSA) is 39.2 Å². The Labute approximate surface area is 111 Å². The van der Waals surface area contributed by atoms with E-state index in [1.807, 2.05) is 18.2 Å². The van der Waals surface area contributed by atoms with Crippen LogP contribution in [0.1, 0.15) is 0 Å². The zero-order valence-corrected chi connectivity index (χ0v) is 10.4. The monoisotopic (exact) mass is 277 g/mol. The number of rotatable bonds is 0. The second kappa shape index (κ2) is 3.40. The molecular formula is C13H5Cl2NO2. The standard InChI is InChI=1S/C13H5Cl2NO2/c14-8-3-1-2-6-7-4-11-9(16-13(15)18-11)5-10(7)17-12(6)8/h1-5H. The van der Waals surface area contributed by atoms with E-state index in [-0.39, 0.29) is 5.35 Å². The molecule has 0 saturated carbocycles. The Hall–Kier alpha value is -1.71. The lowest BCUT2D eigenvalue weighted by Crippen LogP contribution is -1.69. The van der Waals surface area contributed by atoms with Crippen molar-refractivity contribution in [1.29, 1.82) is 0 Å². The van der Waals surface area contributed by atoms with E-state index in [4.69, 9.17) is 32.0 Å². The first-order valence-corrected chi connectivity index (χ1v) is 6.05. The van der Waals surface area contributed by atoms with Crippen molar-refractivity contribution < 1.29 is 8.83 Å². The van der Waals surface area contributed by atoms with E-state index in [1.165, 1.54) is 0 Å². The largest absolute Gasteiger partial charge is 0.454 e. The van der Waals surface area contributed by atoms with E-state index >= 15 is 0 Å². The molecule has 0 bridgehead atoms. The Kier molecular flexibility index (Phi) is 1.93. The maximum Gasteiger partial charge on any atom is 0.293 e. The van der Waals surface area contributed by atoms with Crippen molar-refractivity contribution in [2.75, 3.05) is 0 Å². The fourth-order valence-electron chi connectivity index (χ4n) is 2.16. The normalized spacial score (nSPS) is 11.9. The number of furan rings is 1. The van der Waals surface area contributed by atoms with Gasteiger partial charge in [0.05, 0.1) is 5.02 Å². The van der Waals surface area contributed by atoms with Gasteiger partial charge in [0.2, 0.25) is 0 Å². The first-order chi connectivity index (χ1) is 8.72. The first kappa shape index (κ1) is 10.2. The third kappa shape index (κ3) is 1.29. The number of aromatic nitrogens is 1. The maximum atomic E-state index is 6.11. The van der Waals surface area contributed by atoms with Crippen LogP contribution in [0, 0.1) is 0 Å². The van der Waals surface area contributed by atoms with E-state index in [1.54, 1.807) is 12.1 Å². The maximum absolute atomic E-state index is 6.11. The van der Waals surface area contributed by atoms with Crippen molar-refractivity contribution in [3.8, 4) is 0 Å². The molecule has 4 aromatic rings. The minimum absolute atomic E-state index is 0.125. The van der Waals surface area contributed by atoms with Crippen LogP contribution in [0.4, 0.5) is 0 Å². The van der Waals surface area contributed by atoms with Gasteiger partial charge in [-0.15, -0.1) is 0 Å². The Morgan fingerprint density at radius 1 is 0.944 bits per heavy atom. The van der Waals surface area contributed by atoms with Crippen LogP contribution in [0.2, 0.25) is 10.4 Å². The average Bonchev–Trinajstić information content (AvgIpc) is 2.86. The third-order valence-electron chi connectivity index (χ3n) is 2.93. The van der Waals surface area contributed by atoms with Crippen LogP contribution >= 0.6 is 23.2 Å². The number of oxazole rings is 1. The first-order valence-electron chi connectivity index (χ1n) is 5.29. The summed E-state index contributed by atoms with van der Waals surface area (Å²) in [6.45, 7) is 0. The summed E-state index contributed by atoms with van der Waals surface area (Å²) < 4.78 is 11.0. The molecule has 0 spiro atoms. The van der Waals surface area contributed by atoms with Gasteiger partial charge in [0.15, 0.2) is 11.2 Å². The highest BCUT2D eigenvalue weighted by Gasteiger charge is 2.13. The van der Waals surface area contributed by atoms with Crippen LogP contribution in [-0.4, -0.2) is 4.98 Å². The second-order valence-electron chi connectivity index (χ2n) is 4.00. The van der Waals surface area contributed by atoms with Crippen LogP contribution in [-0.2, 0) is 0 Å². The van der Waals surface area contributed by atoms with Gasteiger partial charge in [-0.1, -0.05) is 23.7 Å². The molecule has 0 unspecified atom stereocenters. The summed E-state index contributed by atoms with van der Waals surface area (Å²) in [5.41, 5.74) is 2.70. The van der Waals surface area contributed by atoms with Gasteiger partial charge in [0.1, 0.15) is 11.1 Å². The van der Waals surface area contributed by atoms with Crippen molar-refractivity contribution in [1.82, 2.24) is 4.98 Å². The molecule has 4 rings (SSSR count). The molecule has 0 aliphatic heterocycles. The quantitative estimate of drug-likeness (QED) is 0.452. The molecule has 0 amide bonds. The Morgan fingerprint density at radius 3 is 2.72 bits per heavy atom. The predicted octanol–water partition coefficient (Wildman–Crippen LogP) is 5.03. The average molecular weight is 278 g/mol. The van der Waals surface area contributed by atoms with Crippen molar-refractivity contribution in [3.63, 3.8) is 0 Å². The lowest BCUT2D eigenvalue weighted by Gasteiger charge is -1.90. The highest BCUT2D eigenvalue weighted by Crippen LogP contribution is 2.35. The van der Waals surface area contributed by atoms with Gasteiger partial charge in [0.25, 0.3) is 5.35 Å². The van der Waals surface area contributed by atoms with Gasteiger partial charge in [-0.3, -0.25) is 0 Å². The molecule has 0 N–H and O–H groups in total. The van der Waals surface area contributed by atoms with E-state index in [2.05, 4.69) is 4.98 Å². The summed E-state index contributed by atoms with van der Waals surface area (Å²) in [7, 11) is 0. The molecule has 88 valence electrons. The minimum Gasteiger partial charge on any atom is -0.454 e. The van der Waals surface area contributed by atoms with Gasteiger partial charge in [-0.05, 0) is 23.7 Å². The molecule has 2 aromatic heterocycles. The summed E-state index contributed by atoms with van der Waals surface area (Å²) >= 11 is 11.8. The molecule has 0 fully saturated rings. The minimum atomic E-state index is 0.125. The molecule has 0 atom stereocenters. The van der Waals surface area contributed by atoms with E-state index < -0.39 is 0 Å². The summed E-state index contributed by atoms with van der Waals surface area (Å²) in [6.07, 6.45) is 0. The number of hydrogen-bond acceptors (Lipinski definition) is 3. The zero-order valence-electron chi connectivity index (χ0n) is 8.91. The van der Waals surface area contributed by atoms with Crippen molar-refractivity contribution in [3.05, 3.63) is 40.7 Å². The van der Waals surface area contributed by atoms with Crippen molar-refractivity contribution >= 4 is 56.2 Å². The number of hydrogen-bond donors (Lipinski definition) is 0.